The van der Waals surface area contributed by atoms with E-state index >= 15 is 0 Å². The van der Waals surface area contributed by atoms with Gasteiger partial charge in [-0.1, -0.05) is 0 Å². The van der Waals surface area contributed by atoms with Gasteiger partial charge in [-0.05, 0) is 72.9 Å². The number of amides is 1. The minimum atomic E-state index is -0.425. The quantitative estimate of drug-likeness (QED) is 0.611. The molecule has 1 aromatic heterocycles. The second kappa shape index (κ2) is 7.90. The van der Waals surface area contributed by atoms with Crippen molar-refractivity contribution in [2.75, 3.05) is 5.32 Å². The van der Waals surface area contributed by atoms with E-state index in [4.69, 9.17) is 21.7 Å². The first-order chi connectivity index (χ1) is 12.5. The normalized spacial score (nSPS) is 10.4. The van der Waals surface area contributed by atoms with Crippen LogP contribution < -0.4 is 10.6 Å². The first-order valence-corrected chi connectivity index (χ1v) is 8.14. The molecule has 0 bridgehead atoms. The average Bonchev–Trinajstić information content (AvgIpc) is 3.12. The van der Waals surface area contributed by atoms with E-state index in [0.717, 1.165) is 5.56 Å². The number of aliphatic hydroxyl groups excluding tert-OH is 1. The van der Waals surface area contributed by atoms with Crippen LogP contribution in [0.1, 0.15) is 16.1 Å². The van der Waals surface area contributed by atoms with Gasteiger partial charge in [0.2, 0.25) is 0 Å². The zero-order chi connectivity index (χ0) is 18.5. The Bertz CT molecular complexity index is 921. The number of benzene rings is 2. The highest BCUT2D eigenvalue weighted by Crippen LogP contribution is 2.23. The molecular formula is C19H15FN2O3S. The van der Waals surface area contributed by atoms with Crippen molar-refractivity contribution in [2.24, 2.45) is 0 Å². The summed E-state index contributed by atoms with van der Waals surface area (Å²) in [5.74, 6) is 0.302. The van der Waals surface area contributed by atoms with Crippen LogP contribution in [0.25, 0.3) is 11.3 Å². The fourth-order valence-corrected chi connectivity index (χ4v) is 2.49. The molecule has 1 amide bonds. The number of aliphatic hydroxyl groups is 1. The second-order valence-electron chi connectivity index (χ2n) is 5.42. The number of thiocarbonyl (C=S) groups is 1. The third kappa shape index (κ3) is 4.33. The van der Waals surface area contributed by atoms with E-state index in [0.29, 0.717) is 22.8 Å². The first kappa shape index (κ1) is 17.8. The fourth-order valence-electron chi connectivity index (χ4n) is 2.27. The van der Waals surface area contributed by atoms with E-state index in [-0.39, 0.29) is 11.7 Å². The van der Waals surface area contributed by atoms with Gasteiger partial charge in [0.25, 0.3) is 5.91 Å². The highest BCUT2D eigenvalue weighted by atomic mass is 32.1. The molecule has 3 N–H and O–H groups in total. The molecule has 0 atom stereocenters. The number of carbonyl (C=O) groups excluding carboxylic acids is 1. The van der Waals surface area contributed by atoms with E-state index in [1.807, 2.05) is 12.1 Å². The molecule has 1 heterocycles. The van der Waals surface area contributed by atoms with Crippen LogP contribution in [0.3, 0.4) is 0 Å². The lowest BCUT2D eigenvalue weighted by Crippen LogP contribution is -2.34. The summed E-state index contributed by atoms with van der Waals surface area (Å²) in [6.45, 7) is -0.151. The van der Waals surface area contributed by atoms with Crippen molar-refractivity contribution in [2.45, 2.75) is 6.61 Å². The van der Waals surface area contributed by atoms with Crippen molar-refractivity contribution < 1.29 is 18.7 Å². The number of furan rings is 1. The Labute approximate surface area is 154 Å². The SMILES string of the molecule is O=C(NC(=S)Nc1ccc(-c2ccc(CO)o2)cc1)c1ccc(F)cc1. The van der Waals surface area contributed by atoms with E-state index in [1.54, 1.807) is 24.3 Å². The molecule has 0 aliphatic carbocycles. The summed E-state index contributed by atoms with van der Waals surface area (Å²) in [6, 6.07) is 15.9. The molecular weight excluding hydrogens is 355 g/mol. The van der Waals surface area contributed by atoms with Gasteiger partial charge in [0.05, 0.1) is 0 Å². The topological polar surface area (TPSA) is 74.5 Å². The average molecular weight is 370 g/mol. The van der Waals surface area contributed by atoms with Gasteiger partial charge in [0.15, 0.2) is 5.11 Å². The minimum absolute atomic E-state index is 0.132. The first-order valence-electron chi connectivity index (χ1n) is 7.73. The van der Waals surface area contributed by atoms with E-state index in [1.165, 1.54) is 24.3 Å². The highest BCUT2D eigenvalue weighted by molar-refractivity contribution is 7.80. The van der Waals surface area contributed by atoms with Gasteiger partial charge in [-0.15, -0.1) is 0 Å². The summed E-state index contributed by atoms with van der Waals surface area (Å²) in [4.78, 5) is 12.0. The van der Waals surface area contributed by atoms with Crippen LogP contribution in [-0.2, 0) is 6.61 Å². The summed E-state index contributed by atoms with van der Waals surface area (Å²) >= 11 is 5.12. The van der Waals surface area contributed by atoms with E-state index in [2.05, 4.69) is 10.6 Å². The Morgan fingerprint density at radius 2 is 1.73 bits per heavy atom. The number of hydrogen-bond acceptors (Lipinski definition) is 4. The van der Waals surface area contributed by atoms with Crippen LogP contribution in [0.2, 0.25) is 0 Å². The molecule has 132 valence electrons. The predicted octanol–water partition coefficient (Wildman–Crippen LogP) is 3.70. The molecule has 0 aliphatic heterocycles. The van der Waals surface area contributed by atoms with E-state index in [9.17, 15) is 9.18 Å². The monoisotopic (exact) mass is 370 g/mol. The maximum atomic E-state index is 12.9. The Morgan fingerprint density at radius 3 is 2.35 bits per heavy atom. The smallest absolute Gasteiger partial charge is 0.257 e. The van der Waals surface area contributed by atoms with Crippen LogP contribution in [0.15, 0.2) is 65.1 Å². The molecule has 0 fully saturated rings. The van der Waals surface area contributed by atoms with E-state index < -0.39 is 11.7 Å². The molecule has 0 saturated heterocycles. The van der Waals surface area contributed by atoms with Gasteiger partial charge in [0, 0.05) is 16.8 Å². The van der Waals surface area contributed by atoms with Crippen molar-refractivity contribution in [3.05, 3.63) is 77.8 Å². The molecule has 3 aromatic rings. The fraction of sp³-hybridized carbons (Fsp3) is 0.0526. The summed E-state index contributed by atoms with van der Waals surface area (Å²) in [7, 11) is 0. The van der Waals surface area contributed by atoms with Gasteiger partial charge in [0.1, 0.15) is 23.9 Å². The Balaban J connectivity index is 1.60. The van der Waals surface area contributed by atoms with Crippen molar-refractivity contribution in [3.63, 3.8) is 0 Å². The number of carbonyl (C=O) groups is 1. The summed E-state index contributed by atoms with van der Waals surface area (Å²) in [5, 5.41) is 14.6. The Morgan fingerprint density at radius 1 is 1.04 bits per heavy atom. The molecule has 0 saturated carbocycles. The number of hydrogen-bond donors (Lipinski definition) is 3. The summed E-state index contributed by atoms with van der Waals surface area (Å²) < 4.78 is 18.4. The lowest BCUT2D eigenvalue weighted by molar-refractivity contribution is 0.0977. The molecule has 0 spiro atoms. The largest absolute Gasteiger partial charge is 0.459 e. The molecule has 26 heavy (non-hydrogen) atoms. The zero-order valence-electron chi connectivity index (χ0n) is 13.5. The molecule has 7 heteroatoms. The van der Waals surface area contributed by atoms with Crippen LogP contribution in [-0.4, -0.2) is 16.1 Å². The van der Waals surface area contributed by atoms with Crippen molar-refractivity contribution in [3.8, 4) is 11.3 Å². The number of rotatable bonds is 4. The molecule has 5 nitrogen and oxygen atoms in total. The maximum absolute atomic E-state index is 12.9. The van der Waals surface area contributed by atoms with Crippen LogP contribution in [0, 0.1) is 5.82 Å². The predicted molar refractivity (Wildman–Crippen MR) is 100 cm³/mol. The number of anilines is 1. The summed E-state index contributed by atoms with van der Waals surface area (Å²) in [5.41, 5.74) is 1.84. The van der Waals surface area contributed by atoms with Gasteiger partial charge in [-0.3, -0.25) is 10.1 Å². The van der Waals surface area contributed by atoms with Crippen molar-refractivity contribution in [1.82, 2.24) is 5.32 Å². The third-order valence-electron chi connectivity index (χ3n) is 3.58. The third-order valence-corrected chi connectivity index (χ3v) is 3.78. The van der Waals surface area contributed by atoms with Crippen molar-refractivity contribution in [1.29, 1.82) is 0 Å². The van der Waals surface area contributed by atoms with Gasteiger partial charge in [-0.2, -0.15) is 0 Å². The molecule has 0 aliphatic rings. The number of nitrogens with one attached hydrogen (secondary N) is 2. The molecule has 2 aromatic carbocycles. The molecule has 3 rings (SSSR count). The zero-order valence-corrected chi connectivity index (χ0v) is 14.3. The summed E-state index contributed by atoms with van der Waals surface area (Å²) in [6.07, 6.45) is 0. The molecule has 0 radical (unpaired) electrons. The Hall–Kier alpha value is -3.03. The van der Waals surface area contributed by atoms with Crippen LogP contribution in [0.4, 0.5) is 10.1 Å². The van der Waals surface area contributed by atoms with Gasteiger partial charge >= 0.3 is 0 Å². The van der Waals surface area contributed by atoms with Crippen LogP contribution >= 0.6 is 12.2 Å². The molecule has 0 unspecified atom stereocenters. The highest BCUT2D eigenvalue weighted by Gasteiger charge is 2.09. The minimum Gasteiger partial charge on any atom is -0.459 e. The van der Waals surface area contributed by atoms with Crippen molar-refractivity contribution >= 4 is 28.9 Å². The van der Waals surface area contributed by atoms with Gasteiger partial charge < -0.3 is 14.8 Å². The maximum Gasteiger partial charge on any atom is 0.257 e. The van der Waals surface area contributed by atoms with Crippen LogP contribution in [0.5, 0.6) is 0 Å². The lowest BCUT2D eigenvalue weighted by Gasteiger charge is -2.10. The number of halogens is 1. The lowest BCUT2D eigenvalue weighted by atomic mass is 10.1. The Kier molecular flexibility index (Phi) is 5.40. The van der Waals surface area contributed by atoms with Gasteiger partial charge in [-0.25, -0.2) is 4.39 Å². The second-order valence-corrected chi connectivity index (χ2v) is 5.82. The standard InChI is InChI=1S/C19H15FN2O3S/c20-14-5-1-13(2-6-14)18(24)22-19(26)21-15-7-3-12(4-8-15)17-10-9-16(11-23)25-17/h1-10,23H,11H2,(H2,21,22,24,26).